The van der Waals surface area contributed by atoms with E-state index in [2.05, 4.69) is 37.3 Å². The monoisotopic (exact) mass is 428 g/mol. The molecule has 2 aromatic rings. The Hall–Kier alpha value is -1.09. The summed E-state index contributed by atoms with van der Waals surface area (Å²) in [4.78, 5) is 8.50. The van der Waals surface area contributed by atoms with Crippen molar-refractivity contribution in [3.63, 3.8) is 0 Å². The smallest absolute Gasteiger partial charge is 0.406 e. The molecule has 0 aliphatic rings. The van der Waals surface area contributed by atoms with Crippen LogP contribution in [0.5, 0.6) is 5.75 Å². The topological polar surface area (TPSA) is 35.0 Å². The maximum Gasteiger partial charge on any atom is 0.573 e. The Morgan fingerprint density at radius 3 is 2.33 bits per heavy atom. The molecule has 0 amide bonds. The minimum absolute atomic E-state index is 0.293. The Kier molecular flexibility index (Phi) is 4.92. The van der Waals surface area contributed by atoms with Crippen molar-refractivity contribution in [2.75, 3.05) is 0 Å². The van der Waals surface area contributed by atoms with Crippen LogP contribution in [0.3, 0.4) is 0 Å². The third-order valence-electron chi connectivity index (χ3n) is 2.56. The van der Waals surface area contributed by atoms with Gasteiger partial charge in [0, 0.05) is 5.56 Å². The van der Waals surface area contributed by atoms with E-state index >= 15 is 0 Å². The maximum absolute atomic E-state index is 12.1. The summed E-state index contributed by atoms with van der Waals surface area (Å²) in [5.41, 5.74) is 1.36. The molecule has 1 aromatic carbocycles. The first-order chi connectivity index (χ1) is 9.80. The average Bonchev–Trinajstić information content (AvgIpc) is 2.41. The predicted molar refractivity (Wildman–Crippen MR) is 81.3 cm³/mol. The van der Waals surface area contributed by atoms with Crippen molar-refractivity contribution >= 4 is 34.2 Å². The van der Waals surface area contributed by atoms with Gasteiger partial charge in [-0.05, 0) is 53.3 Å². The van der Waals surface area contributed by atoms with E-state index in [0.717, 1.165) is 9.26 Å². The summed E-state index contributed by atoms with van der Waals surface area (Å²) in [5.74, 6) is 0.0781. The van der Waals surface area contributed by atoms with Crippen LogP contribution in [0.4, 0.5) is 13.2 Å². The van der Waals surface area contributed by atoms with E-state index in [9.17, 15) is 13.2 Å². The van der Waals surface area contributed by atoms with Gasteiger partial charge < -0.3 is 4.74 Å². The Bertz CT molecular complexity index is 647. The van der Waals surface area contributed by atoms with E-state index in [1.165, 1.54) is 24.3 Å². The van der Waals surface area contributed by atoms with Crippen molar-refractivity contribution in [2.24, 2.45) is 0 Å². The number of rotatable bonds is 3. The van der Waals surface area contributed by atoms with Crippen molar-refractivity contribution in [3.05, 3.63) is 38.7 Å². The third-order valence-corrected chi connectivity index (χ3v) is 4.29. The largest absolute Gasteiger partial charge is 0.573 e. The van der Waals surface area contributed by atoms with Crippen LogP contribution in [-0.4, -0.2) is 16.3 Å². The van der Waals surface area contributed by atoms with Crippen molar-refractivity contribution in [3.8, 4) is 17.1 Å². The maximum atomic E-state index is 12.1. The van der Waals surface area contributed by atoms with Crippen molar-refractivity contribution in [2.45, 2.75) is 19.7 Å². The molecule has 112 valence electrons. The molecule has 0 N–H and O–H groups in total. The molecule has 0 radical (unpaired) electrons. The highest BCUT2D eigenvalue weighted by atomic mass is 127. The normalized spacial score (nSPS) is 11.5. The molecule has 0 spiro atoms. The molecule has 0 bridgehead atoms. The zero-order chi connectivity index (χ0) is 15.6. The molecule has 21 heavy (non-hydrogen) atoms. The fourth-order valence-electron chi connectivity index (χ4n) is 1.63. The quantitative estimate of drug-likeness (QED) is 0.517. The molecular formula is C13H9ClF3IN2O. The first-order valence-electron chi connectivity index (χ1n) is 5.88. The summed E-state index contributed by atoms with van der Waals surface area (Å²) in [6.07, 6.45) is -4.03. The van der Waals surface area contributed by atoms with Gasteiger partial charge in [-0.3, -0.25) is 0 Å². The van der Waals surface area contributed by atoms with Gasteiger partial charge in [0.1, 0.15) is 10.9 Å². The summed E-state index contributed by atoms with van der Waals surface area (Å²) in [7, 11) is 0. The second kappa shape index (κ2) is 6.35. The standard InChI is InChI=1S/C13H9ClF3IN2O/c1-2-9-10(18)11(14)20-12(19-9)7-3-5-8(6-4-7)21-13(15,16)17/h3-6H,2H2,1H3. The summed E-state index contributed by atoms with van der Waals surface area (Å²) < 4.78 is 40.9. The van der Waals surface area contributed by atoms with Gasteiger partial charge >= 0.3 is 6.36 Å². The molecule has 0 aliphatic carbocycles. The van der Waals surface area contributed by atoms with E-state index in [0.29, 0.717) is 23.0 Å². The Balaban J connectivity index is 2.33. The van der Waals surface area contributed by atoms with Crippen LogP contribution in [0.1, 0.15) is 12.6 Å². The van der Waals surface area contributed by atoms with Gasteiger partial charge in [0.15, 0.2) is 5.82 Å². The molecule has 0 saturated carbocycles. The highest BCUT2D eigenvalue weighted by Gasteiger charge is 2.31. The molecule has 0 unspecified atom stereocenters. The molecule has 3 nitrogen and oxygen atoms in total. The van der Waals surface area contributed by atoms with E-state index in [4.69, 9.17) is 11.6 Å². The first kappa shape index (κ1) is 16.3. The lowest BCUT2D eigenvalue weighted by Gasteiger charge is -2.10. The summed E-state index contributed by atoms with van der Waals surface area (Å²) in [5, 5.41) is 0.327. The average molecular weight is 429 g/mol. The van der Waals surface area contributed by atoms with Gasteiger partial charge in [-0.15, -0.1) is 13.2 Å². The zero-order valence-electron chi connectivity index (χ0n) is 10.7. The van der Waals surface area contributed by atoms with Gasteiger partial charge in [0.2, 0.25) is 0 Å². The van der Waals surface area contributed by atoms with Crippen LogP contribution >= 0.6 is 34.2 Å². The third kappa shape index (κ3) is 4.19. The number of nitrogens with zero attached hydrogens (tertiary/aromatic N) is 2. The molecule has 0 fully saturated rings. The van der Waals surface area contributed by atoms with Crippen LogP contribution in [0.15, 0.2) is 24.3 Å². The number of benzene rings is 1. The number of alkyl halides is 3. The number of halogens is 5. The van der Waals surface area contributed by atoms with Crippen molar-refractivity contribution in [1.29, 1.82) is 0 Å². The molecule has 0 aliphatic heterocycles. The van der Waals surface area contributed by atoms with Gasteiger partial charge in [-0.25, -0.2) is 9.97 Å². The summed E-state index contributed by atoms with van der Waals surface area (Å²) >= 11 is 8.09. The van der Waals surface area contributed by atoms with Crippen molar-refractivity contribution < 1.29 is 17.9 Å². The fourth-order valence-corrected chi connectivity index (χ4v) is 2.44. The van der Waals surface area contributed by atoms with Gasteiger partial charge in [-0.1, -0.05) is 18.5 Å². The SMILES string of the molecule is CCc1nc(-c2ccc(OC(F)(F)F)cc2)nc(Cl)c1I. The molecule has 8 heteroatoms. The van der Waals surface area contributed by atoms with E-state index < -0.39 is 6.36 Å². The van der Waals surface area contributed by atoms with E-state index in [1.54, 1.807) is 0 Å². The molecule has 0 saturated heterocycles. The van der Waals surface area contributed by atoms with Crippen LogP contribution in [0, 0.1) is 3.57 Å². The predicted octanol–water partition coefficient (Wildman–Crippen LogP) is 4.86. The second-order valence-electron chi connectivity index (χ2n) is 4.02. The number of hydrogen-bond donors (Lipinski definition) is 0. The van der Waals surface area contributed by atoms with Crippen LogP contribution < -0.4 is 4.74 Å². The molecule has 0 atom stereocenters. The van der Waals surface area contributed by atoms with Gasteiger partial charge in [0.25, 0.3) is 0 Å². The molecule has 2 rings (SSSR count). The molecule has 1 heterocycles. The summed E-state index contributed by atoms with van der Waals surface area (Å²) in [6, 6.07) is 5.34. The number of hydrogen-bond acceptors (Lipinski definition) is 3. The first-order valence-corrected chi connectivity index (χ1v) is 7.34. The minimum Gasteiger partial charge on any atom is -0.406 e. The van der Waals surface area contributed by atoms with Crippen molar-refractivity contribution in [1.82, 2.24) is 9.97 Å². The minimum atomic E-state index is -4.71. The number of aryl methyl sites for hydroxylation is 1. The Morgan fingerprint density at radius 2 is 1.81 bits per heavy atom. The Morgan fingerprint density at radius 1 is 1.19 bits per heavy atom. The van der Waals surface area contributed by atoms with Gasteiger partial charge in [-0.2, -0.15) is 0 Å². The molecular weight excluding hydrogens is 420 g/mol. The number of ether oxygens (including phenoxy) is 1. The fraction of sp³-hybridized carbons (Fsp3) is 0.231. The lowest BCUT2D eigenvalue weighted by Crippen LogP contribution is -2.16. The highest BCUT2D eigenvalue weighted by Crippen LogP contribution is 2.27. The van der Waals surface area contributed by atoms with E-state index in [1.807, 2.05) is 6.92 Å². The van der Waals surface area contributed by atoms with Crippen LogP contribution in [0.25, 0.3) is 11.4 Å². The summed E-state index contributed by atoms with van der Waals surface area (Å²) in [6.45, 7) is 1.94. The zero-order valence-corrected chi connectivity index (χ0v) is 13.6. The lowest BCUT2D eigenvalue weighted by molar-refractivity contribution is -0.274. The number of aromatic nitrogens is 2. The van der Waals surface area contributed by atoms with E-state index in [-0.39, 0.29) is 5.75 Å². The van der Waals surface area contributed by atoms with Crippen LogP contribution in [0.2, 0.25) is 5.15 Å². The highest BCUT2D eigenvalue weighted by molar-refractivity contribution is 14.1. The van der Waals surface area contributed by atoms with Crippen LogP contribution in [-0.2, 0) is 6.42 Å². The second-order valence-corrected chi connectivity index (χ2v) is 5.46. The van der Waals surface area contributed by atoms with Gasteiger partial charge in [0.05, 0.1) is 9.26 Å². The molecule has 1 aromatic heterocycles. The lowest BCUT2D eigenvalue weighted by atomic mass is 10.2. The Labute approximate surface area is 137 Å².